The van der Waals surface area contributed by atoms with Crippen LogP contribution in [0.15, 0.2) is 75.2 Å². The second kappa shape index (κ2) is 12.8. The van der Waals surface area contributed by atoms with E-state index in [0.717, 1.165) is 18.4 Å². The largest absolute Gasteiger partial charge is 0.506 e. The van der Waals surface area contributed by atoms with Gasteiger partial charge in [0.1, 0.15) is 28.6 Å². The Bertz CT molecular complexity index is 1550. The van der Waals surface area contributed by atoms with Gasteiger partial charge in [-0.3, -0.25) is 9.79 Å². The van der Waals surface area contributed by atoms with Gasteiger partial charge in [0.05, 0.1) is 31.8 Å². The van der Waals surface area contributed by atoms with E-state index >= 15 is 0 Å². The molecule has 0 saturated carbocycles. The van der Waals surface area contributed by atoms with Crippen LogP contribution >= 0.6 is 0 Å². The fourth-order valence-corrected chi connectivity index (χ4v) is 4.32. The molecule has 4 aromatic rings. The minimum Gasteiger partial charge on any atom is -0.506 e. The highest BCUT2D eigenvalue weighted by molar-refractivity contribution is 6.00. The molecule has 4 rings (SSSR count). The lowest BCUT2D eigenvalue weighted by molar-refractivity contribution is 0.348. The summed E-state index contributed by atoms with van der Waals surface area (Å²) in [5.74, 6) is 1.40. The van der Waals surface area contributed by atoms with Gasteiger partial charge in [-0.2, -0.15) is 4.98 Å². The van der Waals surface area contributed by atoms with Gasteiger partial charge in [-0.15, -0.1) is 0 Å². The van der Waals surface area contributed by atoms with Crippen LogP contribution in [-0.4, -0.2) is 47.4 Å². The molecule has 0 saturated heterocycles. The lowest BCUT2D eigenvalue weighted by Crippen LogP contribution is -2.23. The Kier molecular flexibility index (Phi) is 9.00. The molecule has 208 valence electrons. The molecular formula is C30H32N4O6. The van der Waals surface area contributed by atoms with E-state index in [1.54, 1.807) is 18.2 Å². The maximum Gasteiger partial charge on any atom is 0.264 e. The van der Waals surface area contributed by atoms with Gasteiger partial charge >= 0.3 is 0 Å². The molecular weight excluding hydrogens is 512 g/mol. The zero-order valence-electron chi connectivity index (χ0n) is 23.0. The number of nitrogens with zero attached hydrogens (tertiary/aromatic N) is 3. The molecule has 0 radical (unpaired) electrons. The quantitative estimate of drug-likeness (QED) is 0.148. The first kappa shape index (κ1) is 28.2. The van der Waals surface area contributed by atoms with Crippen LogP contribution in [0.4, 0.5) is 0 Å². The third-order valence-corrected chi connectivity index (χ3v) is 6.23. The van der Waals surface area contributed by atoms with Crippen molar-refractivity contribution in [3.63, 3.8) is 0 Å². The zero-order chi connectivity index (χ0) is 28.6. The second-order valence-corrected chi connectivity index (χ2v) is 8.90. The smallest absolute Gasteiger partial charge is 0.264 e. The predicted molar refractivity (Wildman–Crippen MR) is 152 cm³/mol. The van der Waals surface area contributed by atoms with Crippen LogP contribution in [0.2, 0.25) is 0 Å². The summed E-state index contributed by atoms with van der Waals surface area (Å²) < 4.78 is 22.4. The van der Waals surface area contributed by atoms with Crippen molar-refractivity contribution in [3.8, 4) is 39.8 Å². The molecule has 0 unspecified atom stereocenters. The van der Waals surface area contributed by atoms with Crippen LogP contribution in [0.1, 0.15) is 36.9 Å². The van der Waals surface area contributed by atoms with E-state index in [1.807, 2.05) is 37.3 Å². The molecule has 2 aromatic heterocycles. The fourth-order valence-electron chi connectivity index (χ4n) is 4.32. The van der Waals surface area contributed by atoms with Crippen molar-refractivity contribution in [1.29, 1.82) is 0 Å². The number of methoxy groups -OCH3 is 2. The van der Waals surface area contributed by atoms with Crippen molar-refractivity contribution in [3.05, 3.63) is 88.4 Å². The molecule has 2 aromatic carbocycles. The Morgan fingerprint density at radius 3 is 2.40 bits per heavy atom. The molecule has 0 atom stereocenters. The van der Waals surface area contributed by atoms with Crippen LogP contribution in [0.3, 0.4) is 0 Å². The van der Waals surface area contributed by atoms with Gasteiger partial charge in [0.25, 0.3) is 5.56 Å². The van der Waals surface area contributed by atoms with E-state index in [2.05, 4.69) is 26.7 Å². The number of hydrogen-bond donors (Lipinski definition) is 2. The Labute approximate surface area is 232 Å². The Balaban J connectivity index is 1.71. The molecule has 0 bridgehead atoms. The number of H-pyrrole nitrogens is 1. The number of hydrogen-bond acceptors (Lipinski definition) is 9. The molecule has 0 aliphatic rings. The van der Waals surface area contributed by atoms with Gasteiger partial charge in [-0.1, -0.05) is 61.5 Å². The number of pyridine rings is 1. The number of nitrogens with one attached hydrogen (secondary N) is 1. The van der Waals surface area contributed by atoms with Crippen molar-refractivity contribution in [1.82, 2.24) is 15.1 Å². The monoisotopic (exact) mass is 544 g/mol. The molecule has 0 aliphatic heterocycles. The summed E-state index contributed by atoms with van der Waals surface area (Å²) in [6.07, 6.45) is 2.26. The minimum absolute atomic E-state index is 0.0687. The first-order chi connectivity index (χ1) is 19.4. The van der Waals surface area contributed by atoms with Crippen LogP contribution in [-0.2, 0) is 17.6 Å². The second-order valence-electron chi connectivity index (χ2n) is 8.90. The van der Waals surface area contributed by atoms with Crippen LogP contribution in [0.5, 0.6) is 17.2 Å². The van der Waals surface area contributed by atoms with Crippen molar-refractivity contribution >= 4 is 5.90 Å². The summed E-state index contributed by atoms with van der Waals surface area (Å²) >= 11 is 0. The van der Waals surface area contributed by atoms with E-state index in [0.29, 0.717) is 40.6 Å². The average molecular weight is 545 g/mol. The number of aryl methyl sites for hydroxylation is 1. The van der Waals surface area contributed by atoms with E-state index < -0.39 is 5.56 Å². The summed E-state index contributed by atoms with van der Waals surface area (Å²) in [4.78, 5) is 24.8. The molecule has 0 amide bonds. The molecule has 0 aliphatic carbocycles. The number of aliphatic imine (C=N–C) groups is 1. The summed E-state index contributed by atoms with van der Waals surface area (Å²) in [5.41, 5.74) is 1.52. The third kappa shape index (κ3) is 5.90. The number of benzene rings is 2. The number of aromatic nitrogens is 3. The van der Waals surface area contributed by atoms with Gasteiger partial charge < -0.3 is 28.8 Å². The number of aromatic hydroxyl groups is 1. The van der Waals surface area contributed by atoms with E-state index in [4.69, 9.17) is 18.7 Å². The van der Waals surface area contributed by atoms with Crippen molar-refractivity contribution < 1.29 is 23.8 Å². The molecule has 0 spiro atoms. The van der Waals surface area contributed by atoms with Crippen LogP contribution in [0, 0.1) is 0 Å². The summed E-state index contributed by atoms with van der Waals surface area (Å²) in [6, 6.07) is 14.7. The third-order valence-electron chi connectivity index (χ3n) is 6.23. The number of unbranched alkanes of at least 4 members (excludes halogenated alkanes) is 1. The normalized spacial score (nSPS) is 11.3. The topological polar surface area (TPSA) is 132 Å². The molecule has 2 heterocycles. The summed E-state index contributed by atoms with van der Waals surface area (Å²) in [5, 5.41) is 15.6. The molecule has 2 N–H and O–H groups in total. The maximum absolute atomic E-state index is 13.3. The number of aromatic amines is 1. The van der Waals surface area contributed by atoms with Crippen molar-refractivity contribution in [2.24, 2.45) is 4.99 Å². The lowest BCUT2D eigenvalue weighted by Gasteiger charge is -2.19. The highest BCUT2D eigenvalue weighted by Gasteiger charge is 2.27. The number of ether oxygens (including phenoxy) is 3. The Morgan fingerprint density at radius 1 is 1.07 bits per heavy atom. The standard InChI is InChI=1S/C30H32N4O6/c1-6-7-14-20-24(25-21(37-4)15-11-16-22(25)38-5)27(35)26(29(36)32-20)30(31-3)39-18(2)17-23-33-28(34-40-23)19-12-9-8-10-13-19/h8-13,15-16H,2,6-7,14,17H2,1,3-5H3,(H2,32,35,36). The maximum atomic E-state index is 13.3. The zero-order valence-corrected chi connectivity index (χ0v) is 23.0. The van der Waals surface area contributed by atoms with E-state index in [-0.39, 0.29) is 35.3 Å². The van der Waals surface area contributed by atoms with E-state index in [9.17, 15) is 9.90 Å². The highest BCUT2D eigenvalue weighted by atomic mass is 16.5. The van der Waals surface area contributed by atoms with Crippen molar-refractivity contribution in [2.75, 3.05) is 21.3 Å². The van der Waals surface area contributed by atoms with E-state index in [1.165, 1.54) is 21.3 Å². The van der Waals surface area contributed by atoms with Gasteiger partial charge in [0, 0.05) is 18.3 Å². The Morgan fingerprint density at radius 2 is 1.77 bits per heavy atom. The van der Waals surface area contributed by atoms with Gasteiger partial charge in [-0.05, 0) is 25.0 Å². The SMILES string of the molecule is C=C(Cc1nc(-c2ccccc2)no1)OC(=NC)c1c(O)c(-c2c(OC)cccc2OC)c(CCCC)[nH]c1=O. The van der Waals surface area contributed by atoms with Gasteiger partial charge in [0.15, 0.2) is 0 Å². The van der Waals surface area contributed by atoms with Crippen LogP contribution < -0.4 is 15.0 Å². The molecule has 10 heteroatoms. The average Bonchev–Trinajstić information content (AvgIpc) is 3.43. The molecule has 0 fully saturated rings. The van der Waals surface area contributed by atoms with Crippen LogP contribution in [0.25, 0.3) is 22.5 Å². The van der Waals surface area contributed by atoms with Gasteiger partial charge in [-0.25, -0.2) is 0 Å². The van der Waals surface area contributed by atoms with Crippen molar-refractivity contribution in [2.45, 2.75) is 32.6 Å². The number of allylic oxidation sites excluding steroid dienone is 1. The lowest BCUT2D eigenvalue weighted by atomic mass is 9.95. The predicted octanol–water partition coefficient (Wildman–Crippen LogP) is 5.31. The highest BCUT2D eigenvalue weighted by Crippen LogP contribution is 2.44. The first-order valence-corrected chi connectivity index (χ1v) is 12.8. The molecule has 40 heavy (non-hydrogen) atoms. The minimum atomic E-state index is -0.557. The molecule has 10 nitrogen and oxygen atoms in total. The Hall–Kier alpha value is -4.86. The fraction of sp³-hybridized carbons (Fsp3) is 0.267. The summed E-state index contributed by atoms with van der Waals surface area (Å²) in [7, 11) is 4.51. The van der Waals surface area contributed by atoms with Gasteiger partial charge in [0.2, 0.25) is 17.6 Å². The summed E-state index contributed by atoms with van der Waals surface area (Å²) in [6.45, 7) is 5.98. The number of rotatable bonds is 11. The first-order valence-electron chi connectivity index (χ1n) is 12.8.